The summed E-state index contributed by atoms with van der Waals surface area (Å²) in [6, 6.07) is 7.46. The van der Waals surface area contributed by atoms with Gasteiger partial charge in [-0.05, 0) is 49.6 Å². The largest absolute Gasteiger partial charge is 0.543 e. The minimum Gasteiger partial charge on any atom is -0.543 e. The first kappa shape index (κ1) is 18.5. The van der Waals surface area contributed by atoms with Crippen LogP contribution in [0.5, 0.6) is 5.75 Å². The zero-order valence-corrected chi connectivity index (χ0v) is 14.7. The van der Waals surface area contributed by atoms with E-state index in [1.54, 1.807) is 19.9 Å². The Bertz CT molecular complexity index is 785. The second kappa shape index (κ2) is 8.33. The predicted molar refractivity (Wildman–Crippen MR) is 94.8 cm³/mol. The van der Waals surface area contributed by atoms with Gasteiger partial charge in [0.25, 0.3) is 0 Å². The van der Waals surface area contributed by atoms with Gasteiger partial charge < -0.3 is 19.6 Å². The van der Waals surface area contributed by atoms with Crippen molar-refractivity contribution < 1.29 is 19.4 Å². The Morgan fingerprint density at radius 3 is 2.44 bits per heavy atom. The molecule has 132 valence electrons. The van der Waals surface area contributed by atoms with Crippen LogP contribution in [0.3, 0.4) is 0 Å². The molecular weight excluding hydrogens is 318 g/mol. The molecule has 0 atom stereocenters. The second-order valence-corrected chi connectivity index (χ2v) is 5.88. The quantitative estimate of drug-likeness (QED) is 0.455. The van der Waals surface area contributed by atoms with Gasteiger partial charge in [-0.25, -0.2) is 0 Å². The number of hydrogen-bond acceptors (Lipinski definition) is 4. The standard InChI is InChI=1S/C20H23NO4/c1-4-5-12-25-16-9-6-15(7-10-16)8-11-17(22)18-13(2)19(20(23)24)21-14(18)3/h6-11,21H,4-5,12H2,1-3H3,(H,23,24)/p-1/b11-8+. The van der Waals surface area contributed by atoms with Gasteiger partial charge >= 0.3 is 0 Å². The summed E-state index contributed by atoms with van der Waals surface area (Å²) in [7, 11) is 0. The van der Waals surface area contributed by atoms with Gasteiger partial charge in [0.05, 0.1) is 18.3 Å². The number of aromatic nitrogens is 1. The Hall–Kier alpha value is -2.82. The summed E-state index contributed by atoms with van der Waals surface area (Å²) in [4.78, 5) is 26.1. The summed E-state index contributed by atoms with van der Waals surface area (Å²) in [6.45, 7) is 6.07. The van der Waals surface area contributed by atoms with Crippen molar-refractivity contribution in [1.82, 2.24) is 4.98 Å². The van der Waals surface area contributed by atoms with Crippen molar-refractivity contribution >= 4 is 17.8 Å². The number of carbonyl (C=O) groups excluding carboxylic acids is 2. The summed E-state index contributed by atoms with van der Waals surface area (Å²) in [5.41, 5.74) is 2.10. The van der Waals surface area contributed by atoms with Gasteiger partial charge in [0.15, 0.2) is 5.78 Å². The molecular formula is C20H22NO4-. The number of hydrogen-bond donors (Lipinski definition) is 1. The van der Waals surface area contributed by atoms with Gasteiger partial charge in [-0.2, -0.15) is 0 Å². The van der Waals surface area contributed by atoms with E-state index in [1.807, 2.05) is 24.3 Å². The monoisotopic (exact) mass is 340 g/mol. The van der Waals surface area contributed by atoms with Gasteiger partial charge in [0.2, 0.25) is 0 Å². The summed E-state index contributed by atoms with van der Waals surface area (Å²) < 4.78 is 5.60. The topological polar surface area (TPSA) is 82.2 Å². The molecule has 1 aromatic heterocycles. The van der Waals surface area contributed by atoms with Crippen LogP contribution in [0.25, 0.3) is 6.08 Å². The molecule has 0 saturated heterocycles. The van der Waals surface area contributed by atoms with E-state index in [2.05, 4.69) is 11.9 Å². The highest BCUT2D eigenvalue weighted by atomic mass is 16.5. The van der Waals surface area contributed by atoms with Crippen molar-refractivity contribution in [1.29, 1.82) is 0 Å². The highest BCUT2D eigenvalue weighted by Gasteiger charge is 2.16. The minimum absolute atomic E-state index is 0.0529. The van der Waals surface area contributed by atoms with Crippen LogP contribution < -0.4 is 9.84 Å². The van der Waals surface area contributed by atoms with Crippen molar-refractivity contribution in [2.24, 2.45) is 0 Å². The fourth-order valence-corrected chi connectivity index (χ4v) is 2.59. The van der Waals surface area contributed by atoms with Crippen LogP contribution in [0.4, 0.5) is 0 Å². The average molecular weight is 340 g/mol. The van der Waals surface area contributed by atoms with Crippen LogP contribution in [0.1, 0.15) is 57.4 Å². The van der Waals surface area contributed by atoms with Gasteiger partial charge in [0.1, 0.15) is 5.75 Å². The number of rotatable bonds is 8. The number of carbonyl (C=O) groups is 2. The minimum atomic E-state index is -1.32. The molecule has 1 heterocycles. The molecule has 2 aromatic rings. The van der Waals surface area contributed by atoms with Crippen LogP contribution >= 0.6 is 0 Å². The van der Waals surface area contributed by atoms with E-state index < -0.39 is 5.97 Å². The van der Waals surface area contributed by atoms with E-state index in [9.17, 15) is 14.7 Å². The average Bonchev–Trinajstić information content (AvgIpc) is 2.89. The molecule has 0 fully saturated rings. The molecule has 1 aromatic carbocycles. The molecule has 0 spiro atoms. The van der Waals surface area contributed by atoms with Gasteiger partial charge in [-0.15, -0.1) is 0 Å². The van der Waals surface area contributed by atoms with E-state index in [0.717, 1.165) is 24.2 Å². The Labute approximate surface area is 147 Å². The Balaban J connectivity index is 2.09. The van der Waals surface area contributed by atoms with Crippen molar-refractivity contribution in [3.63, 3.8) is 0 Å². The third kappa shape index (κ3) is 4.59. The first-order chi connectivity index (χ1) is 11.9. The van der Waals surface area contributed by atoms with Crippen LogP contribution in [0.2, 0.25) is 0 Å². The molecule has 2 rings (SSSR count). The third-order valence-electron chi connectivity index (χ3n) is 3.96. The maximum atomic E-state index is 12.4. The molecule has 5 nitrogen and oxygen atoms in total. The second-order valence-electron chi connectivity index (χ2n) is 5.88. The number of unbranched alkanes of at least 4 members (excludes halogenated alkanes) is 1. The van der Waals surface area contributed by atoms with Crippen molar-refractivity contribution in [3.05, 3.63) is 58.4 Å². The number of carboxylic acids is 1. The van der Waals surface area contributed by atoms with Gasteiger partial charge in [0, 0.05) is 11.3 Å². The van der Waals surface area contributed by atoms with Gasteiger partial charge in [-0.1, -0.05) is 31.6 Å². The molecule has 0 unspecified atom stereocenters. The van der Waals surface area contributed by atoms with Crippen LogP contribution in [-0.2, 0) is 0 Å². The molecule has 0 radical (unpaired) electrons. The zero-order chi connectivity index (χ0) is 18.4. The SMILES string of the molecule is CCCCOc1ccc(/C=C/C(=O)c2c(C)[nH]c(C(=O)[O-])c2C)cc1. The number of ether oxygens (including phenoxy) is 1. The summed E-state index contributed by atoms with van der Waals surface area (Å²) in [5.74, 6) is -0.767. The molecule has 25 heavy (non-hydrogen) atoms. The maximum absolute atomic E-state index is 12.4. The highest BCUT2D eigenvalue weighted by molar-refractivity contribution is 6.10. The third-order valence-corrected chi connectivity index (χ3v) is 3.96. The summed E-state index contributed by atoms with van der Waals surface area (Å²) in [5, 5.41) is 11.0. The van der Waals surface area contributed by atoms with Crippen LogP contribution in [0.15, 0.2) is 30.3 Å². The van der Waals surface area contributed by atoms with E-state index in [4.69, 9.17) is 4.74 Å². The number of aryl methyl sites for hydroxylation is 1. The molecule has 5 heteroatoms. The molecule has 0 aliphatic carbocycles. The highest BCUT2D eigenvalue weighted by Crippen LogP contribution is 2.19. The van der Waals surface area contributed by atoms with Gasteiger partial charge in [-0.3, -0.25) is 4.79 Å². The zero-order valence-electron chi connectivity index (χ0n) is 14.7. The number of aromatic carboxylic acids is 1. The number of allylic oxidation sites excluding steroid dienone is 1. The maximum Gasteiger partial charge on any atom is 0.187 e. The number of H-pyrrole nitrogens is 1. The summed E-state index contributed by atoms with van der Waals surface area (Å²) >= 11 is 0. The Kier molecular flexibility index (Phi) is 6.17. The number of ketones is 1. The first-order valence-corrected chi connectivity index (χ1v) is 8.29. The van der Waals surface area contributed by atoms with Crippen LogP contribution in [0, 0.1) is 13.8 Å². The lowest BCUT2D eigenvalue weighted by Crippen LogP contribution is -2.23. The number of nitrogens with one attached hydrogen (secondary N) is 1. The lowest BCUT2D eigenvalue weighted by Gasteiger charge is -2.05. The molecule has 0 aliphatic heterocycles. The van der Waals surface area contributed by atoms with Crippen molar-refractivity contribution in [2.45, 2.75) is 33.6 Å². The number of carboxylic acid groups (broad SMARTS) is 1. The fourth-order valence-electron chi connectivity index (χ4n) is 2.59. The Morgan fingerprint density at radius 2 is 1.88 bits per heavy atom. The summed E-state index contributed by atoms with van der Waals surface area (Å²) in [6.07, 6.45) is 5.23. The molecule has 0 bridgehead atoms. The molecule has 0 amide bonds. The van der Waals surface area contributed by atoms with E-state index in [0.29, 0.717) is 23.4 Å². The predicted octanol–water partition coefficient (Wildman–Crippen LogP) is 3.07. The smallest absolute Gasteiger partial charge is 0.187 e. The Morgan fingerprint density at radius 1 is 1.20 bits per heavy atom. The number of aromatic amines is 1. The van der Waals surface area contributed by atoms with Crippen molar-refractivity contribution in [3.8, 4) is 5.75 Å². The fraction of sp³-hybridized carbons (Fsp3) is 0.300. The lowest BCUT2D eigenvalue weighted by atomic mass is 10.0. The van der Waals surface area contributed by atoms with E-state index in [1.165, 1.54) is 6.08 Å². The first-order valence-electron chi connectivity index (χ1n) is 8.29. The van der Waals surface area contributed by atoms with Crippen molar-refractivity contribution in [2.75, 3.05) is 6.61 Å². The molecule has 1 N–H and O–H groups in total. The molecule has 0 saturated carbocycles. The van der Waals surface area contributed by atoms with E-state index in [-0.39, 0.29) is 11.5 Å². The molecule has 0 aliphatic rings. The van der Waals surface area contributed by atoms with Crippen LogP contribution in [-0.4, -0.2) is 23.3 Å². The lowest BCUT2D eigenvalue weighted by molar-refractivity contribution is -0.255. The normalized spacial score (nSPS) is 11.0. The van der Waals surface area contributed by atoms with E-state index >= 15 is 0 Å². The number of benzene rings is 1.